The van der Waals surface area contributed by atoms with Crippen LogP contribution in [0.2, 0.25) is 10.0 Å². The summed E-state index contributed by atoms with van der Waals surface area (Å²) >= 11 is 11.7. The molecule has 19 heavy (non-hydrogen) atoms. The lowest BCUT2D eigenvalue weighted by Crippen LogP contribution is -2.10. The van der Waals surface area contributed by atoms with Crippen molar-refractivity contribution < 1.29 is 14.3 Å². The van der Waals surface area contributed by atoms with Crippen LogP contribution in [0.1, 0.15) is 20.7 Å². The molecule has 96 valence electrons. The number of benzene rings is 2. The fraction of sp³-hybridized carbons (Fsp3) is 0. The summed E-state index contributed by atoms with van der Waals surface area (Å²) in [6.07, 6.45) is 0.617. The van der Waals surface area contributed by atoms with Crippen LogP contribution in [0.15, 0.2) is 42.5 Å². The molecular weight excluding hydrogens is 287 g/mol. The normalized spacial score (nSPS) is 10.0. The molecule has 0 amide bonds. The van der Waals surface area contributed by atoms with Crippen molar-refractivity contribution in [3.63, 3.8) is 0 Å². The number of aldehydes is 1. The van der Waals surface area contributed by atoms with E-state index < -0.39 is 5.97 Å². The summed E-state index contributed by atoms with van der Waals surface area (Å²) in [4.78, 5) is 22.8. The van der Waals surface area contributed by atoms with E-state index >= 15 is 0 Å². The van der Waals surface area contributed by atoms with Crippen molar-refractivity contribution in [1.29, 1.82) is 0 Å². The molecule has 0 saturated carbocycles. The van der Waals surface area contributed by atoms with E-state index in [0.717, 1.165) is 0 Å². The third kappa shape index (κ3) is 3.13. The van der Waals surface area contributed by atoms with Gasteiger partial charge >= 0.3 is 5.97 Å². The Kier molecular flexibility index (Phi) is 4.20. The molecule has 0 aliphatic rings. The Labute approximate surface area is 119 Å². The number of rotatable bonds is 3. The highest BCUT2D eigenvalue weighted by Gasteiger charge is 2.14. The van der Waals surface area contributed by atoms with E-state index in [2.05, 4.69) is 0 Å². The van der Waals surface area contributed by atoms with E-state index in [0.29, 0.717) is 16.9 Å². The molecule has 0 spiro atoms. The summed E-state index contributed by atoms with van der Waals surface area (Å²) < 4.78 is 5.15. The maximum absolute atomic E-state index is 11.9. The molecule has 0 saturated heterocycles. The third-order valence-electron chi connectivity index (χ3n) is 2.40. The molecule has 3 nitrogen and oxygen atoms in total. The van der Waals surface area contributed by atoms with Crippen molar-refractivity contribution in [3.8, 4) is 5.75 Å². The van der Waals surface area contributed by atoms with Gasteiger partial charge in [-0.3, -0.25) is 4.79 Å². The quantitative estimate of drug-likeness (QED) is 0.488. The molecule has 0 unspecified atom stereocenters. The second-order valence-corrected chi connectivity index (χ2v) is 4.51. The van der Waals surface area contributed by atoms with E-state index in [4.69, 9.17) is 27.9 Å². The number of hydrogen-bond donors (Lipinski definition) is 0. The van der Waals surface area contributed by atoms with Gasteiger partial charge in [0.2, 0.25) is 0 Å². The average Bonchev–Trinajstić information content (AvgIpc) is 2.39. The lowest BCUT2D eigenvalue weighted by atomic mass is 10.2. The highest BCUT2D eigenvalue weighted by Crippen LogP contribution is 2.23. The summed E-state index contributed by atoms with van der Waals surface area (Å²) in [5.41, 5.74) is 0.479. The molecule has 0 fully saturated rings. The minimum Gasteiger partial charge on any atom is -0.422 e. The molecule has 2 aromatic rings. The second-order valence-electron chi connectivity index (χ2n) is 3.67. The van der Waals surface area contributed by atoms with E-state index in [1.165, 1.54) is 24.3 Å². The second kappa shape index (κ2) is 5.87. The van der Waals surface area contributed by atoms with Gasteiger partial charge in [-0.2, -0.15) is 0 Å². The van der Waals surface area contributed by atoms with Crippen LogP contribution in [0.25, 0.3) is 0 Å². The molecule has 0 N–H and O–H groups in total. The van der Waals surface area contributed by atoms with Gasteiger partial charge < -0.3 is 4.74 Å². The molecule has 0 atom stereocenters. The number of esters is 1. The average molecular weight is 295 g/mol. The van der Waals surface area contributed by atoms with Crippen molar-refractivity contribution >= 4 is 35.5 Å². The number of halogens is 2. The Balaban J connectivity index is 2.28. The van der Waals surface area contributed by atoms with E-state index in [9.17, 15) is 9.59 Å². The predicted molar refractivity (Wildman–Crippen MR) is 73.3 cm³/mol. The minimum absolute atomic E-state index is 0.187. The Bertz CT molecular complexity index is 638. The lowest BCUT2D eigenvalue weighted by Gasteiger charge is -2.07. The van der Waals surface area contributed by atoms with Gasteiger partial charge in [0.05, 0.1) is 16.1 Å². The summed E-state index contributed by atoms with van der Waals surface area (Å²) in [5.74, 6) is -0.454. The van der Waals surface area contributed by atoms with Crippen LogP contribution >= 0.6 is 23.2 Å². The zero-order valence-corrected chi connectivity index (χ0v) is 11.1. The highest BCUT2D eigenvalue weighted by atomic mass is 35.5. The molecular formula is C14H8Cl2O3. The van der Waals surface area contributed by atoms with Crippen molar-refractivity contribution in [2.75, 3.05) is 0 Å². The molecule has 2 aromatic carbocycles. The molecule has 0 heterocycles. The van der Waals surface area contributed by atoms with Gasteiger partial charge in [0.1, 0.15) is 5.75 Å². The SMILES string of the molecule is O=Cc1ccccc1OC(=O)c1ccc(Cl)cc1Cl. The highest BCUT2D eigenvalue weighted by molar-refractivity contribution is 6.36. The first-order chi connectivity index (χ1) is 9.11. The van der Waals surface area contributed by atoms with Crippen LogP contribution in [0.3, 0.4) is 0 Å². The van der Waals surface area contributed by atoms with Crippen molar-refractivity contribution in [3.05, 3.63) is 63.6 Å². The van der Waals surface area contributed by atoms with Crippen LogP contribution in [-0.4, -0.2) is 12.3 Å². The molecule has 0 bridgehead atoms. The summed E-state index contributed by atoms with van der Waals surface area (Å²) in [5, 5.41) is 0.621. The number of ether oxygens (including phenoxy) is 1. The Morgan fingerprint density at radius 2 is 1.84 bits per heavy atom. The van der Waals surface area contributed by atoms with Gasteiger partial charge in [-0.25, -0.2) is 4.79 Å². The first kappa shape index (κ1) is 13.6. The van der Waals surface area contributed by atoms with E-state index in [-0.39, 0.29) is 16.3 Å². The van der Waals surface area contributed by atoms with Gasteiger partial charge in [-0.1, -0.05) is 35.3 Å². The monoisotopic (exact) mass is 294 g/mol. The maximum atomic E-state index is 11.9. The van der Waals surface area contributed by atoms with Crippen LogP contribution in [0.4, 0.5) is 0 Å². The predicted octanol–water partition coefficient (Wildman–Crippen LogP) is 4.03. The van der Waals surface area contributed by atoms with Crippen LogP contribution in [-0.2, 0) is 0 Å². The van der Waals surface area contributed by atoms with Gasteiger partial charge in [-0.15, -0.1) is 0 Å². The molecule has 0 aromatic heterocycles. The summed E-state index contributed by atoms with van der Waals surface area (Å²) in [7, 11) is 0. The van der Waals surface area contributed by atoms with E-state index in [1.54, 1.807) is 18.2 Å². The topological polar surface area (TPSA) is 43.4 Å². The summed E-state index contributed by atoms with van der Waals surface area (Å²) in [6, 6.07) is 10.9. The van der Waals surface area contributed by atoms with Crippen molar-refractivity contribution in [1.82, 2.24) is 0 Å². The summed E-state index contributed by atoms with van der Waals surface area (Å²) in [6.45, 7) is 0. The molecule has 2 rings (SSSR count). The molecule has 0 aliphatic heterocycles. The Hall–Kier alpha value is -1.84. The number of carbonyl (C=O) groups excluding carboxylic acids is 2. The minimum atomic E-state index is -0.643. The number of hydrogen-bond acceptors (Lipinski definition) is 3. The standard InChI is InChI=1S/C14H8Cl2O3/c15-10-5-6-11(12(16)7-10)14(18)19-13-4-2-1-3-9(13)8-17/h1-8H. The van der Waals surface area contributed by atoms with Gasteiger partial charge in [0.15, 0.2) is 6.29 Å². The Morgan fingerprint density at radius 3 is 2.53 bits per heavy atom. The van der Waals surface area contributed by atoms with Crippen molar-refractivity contribution in [2.45, 2.75) is 0 Å². The van der Waals surface area contributed by atoms with Gasteiger partial charge in [0.25, 0.3) is 0 Å². The number of carbonyl (C=O) groups is 2. The van der Waals surface area contributed by atoms with Crippen LogP contribution < -0.4 is 4.74 Å². The Morgan fingerprint density at radius 1 is 1.11 bits per heavy atom. The first-order valence-electron chi connectivity index (χ1n) is 5.33. The smallest absolute Gasteiger partial charge is 0.345 e. The molecule has 0 aliphatic carbocycles. The van der Waals surface area contributed by atoms with Gasteiger partial charge in [0, 0.05) is 5.02 Å². The third-order valence-corrected chi connectivity index (χ3v) is 2.95. The zero-order valence-electron chi connectivity index (χ0n) is 9.60. The van der Waals surface area contributed by atoms with Crippen LogP contribution in [0, 0.1) is 0 Å². The number of para-hydroxylation sites is 1. The molecule has 0 radical (unpaired) electrons. The zero-order chi connectivity index (χ0) is 13.8. The first-order valence-corrected chi connectivity index (χ1v) is 6.09. The largest absolute Gasteiger partial charge is 0.422 e. The van der Waals surface area contributed by atoms with E-state index in [1.807, 2.05) is 0 Å². The lowest BCUT2D eigenvalue weighted by molar-refractivity contribution is 0.0734. The van der Waals surface area contributed by atoms with Crippen molar-refractivity contribution in [2.24, 2.45) is 0 Å². The van der Waals surface area contributed by atoms with Crippen LogP contribution in [0.5, 0.6) is 5.75 Å². The maximum Gasteiger partial charge on any atom is 0.345 e. The fourth-order valence-corrected chi connectivity index (χ4v) is 1.97. The van der Waals surface area contributed by atoms with Gasteiger partial charge in [-0.05, 0) is 30.3 Å². The fourth-order valence-electron chi connectivity index (χ4n) is 1.48. The molecule has 5 heteroatoms.